The van der Waals surface area contributed by atoms with Crippen LogP contribution in [0.5, 0.6) is 5.75 Å². The van der Waals surface area contributed by atoms with Crippen molar-refractivity contribution >= 4 is 27.3 Å². The smallest absolute Gasteiger partial charge is 0.261 e. The molecule has 0 heterocycles. The molecule has 0 aromatic heterocycles. The molecule has 0 radical (unpaired) electrons. The van der Waals surface area contributed by atoms with Gasteiger partial charge in [0, 0.05) is 45.2 Å². The molecule has 0 fully saturated rings. The standard InChI is InChI=1S/C23H33N3O5S/c1-7-17(2)26(23(27)16-30-5)15-18-14-19(8-13-22(18)25(3)4)24-32(28,29)21-11-9-20(31-6)10-12-21/h8-14,17,24H,7,15-16H2,1-6H3/t17-/m1/s1. The minimum atomic E-state index is -3.78. The quantitative estimate of drug-likeness (QED) is 0.550. The number of hydrogen-bond donors (Lipinski definition) is 1. The second-order valence-corrected chi connectivity index (χ2v) is 9.41. The Kier molecular flexibility index (Phi) is 8.91. The third-order valence-corrected chi connectivity index (χ3v) is 6.63. The van der Waals surface area contributed by atoms with E-state index in [0.717, 1.165) is 17.7 Å². The summed E-state index contributed by atoms with van der Waals surface area (Å²) in [6.07, 6.45) is 0.788. The number of nitrogens with one attached hydrogen (secondary N) is 1. The Hall–Kier alpha value is -2.78. The molecule has 0 aliphatic heterocycles. The maximum Gasteiger partial charge on any atom is 0.261 e. The number of ether oxygens (including phenoxy) is 2. The molecule has 32 heavy (non-hydrogen) atoms. The van der Waals surface area contributed by atoms with Gasteiger partial charge < -0.3 is 19.3 Å². The van der Waals surface area contributed by atoms with Gasteiger partial charge in [-0.25, -0.2) is 8.42 Å². The summed E-state index contributed by atoms with van der Waals surface area (Å²) >= 11 is 0. The van der Waals surface area contributed by atoms with Gasteiger partial charge in [-0.3, -0.25) is 9.52 Å². The molecule has 0 aliphatic rings. The number of anilines is 2. The van der Waals surface area contributed by atoms with Gasteiger partial charge in [-0.15, -0.1) is 0 Å². The highest BCUT2D eigenvalue weighted by Gasteiger charge is 2.22. The van der Waals surface area contributed by atoms with E-state index in [4.69, 9.17) is 9.47 Å². The first-order valence-electron chi connectivity index (χ1n) is 10.4. The van der Waals surface area contributed by atoms with Gasteiger partial charge in [-0.2, -0.15) is 0 Å². The Morgan fingerprint density at radius 2 is 1.75 bits per heavy atom. The fraction of sp³-hybridized carbons (Fsp3) is 0.435. The molecule has 0 saturated carbocycles. The first kappa shape index (κ1) is 25.5. The molecule has 0 bridgehead atoms. The van der Waals surface area contributed by atoms with Gasteiger partial charge in [0.1, 0.15) is 12.4 Å². The maximum atomic E-state index is 12.9. The average Bonchev–Trinajstić information content (AvgIpc) is 2.76. The van der Waals surface area contributed by atoms with Gasteiger partial charge in [0.15, 0.2) is 0 Å². The third kappa shape index (κ3) is 6.37. The monoisotopic (exact) mass is 463 g/mol. The molecular weight excluding hydrogens is 430 g/mol. The number of carbonyl (C=O) groups is 1. The zero-order valence-corrected chi connectivity index (χ0v) is 20.4. The predicted molar refractivity (Wildman–Crippen MR) is 127 cm³/mol. The Balaban J connectivity index is 2.38. The van der Waals surface area contributed by atoms with Gasteiger partial charge in [0.05, 0.1) is 12.0 Å². The predicted octanol–water partition coefficient (Wildman–Crippen LogP) is 3.34. The summed E-state index contributed by atoms with van der Waals surface area (Å²) in [7, 11) is 3.05. The Labute approximate surface area is 191 Å². The molecule has 2 rings (SSSR count). The lowest BCUT2D eigenvalue weighted by molar-refractivity contribution is -0.138. The van der Waals surface area contributed by atoms with Crippen LogP contribution in [0.15, 0.2) is 47.4 Å². The van der Waals surface area contributed by atoms with Crippen molar-refractivity contribution in [2.45, 2.75) is 37.8 Å². The van der Waals surface area contributed by atoms with Gasteiger partial charge in [0.25, 0.3) is 10.0 Å². The van der Waals surface area contributed by atoms with Crippen molar-refractivity contribution < 1.29 is 22.7 Å². The number of benzene rings is 2. The summed E-state index contributed by atoms with van der Waals surface area (Å²) in [5.74, 6) is 0.461. The summed E-state index contributed by atoms with van der Waals surface area (Å²) in [6, 6.07) is 11.5. The van der Waals surface area contributed by atoms with Crippen molar-refractivity contribution in [1.82, 2.24) is 4.90 Å². The number of nitrogens with zero attached hydrogens (tertiary/aromatic N) is 2. The highest BCUT2D eigenvalue weighted by Crippen LogP contribution is 2.27. The maximum absolute atomic E-state index is 12.9. The SMILES string of the molecule is CC[C@@H](C)N(Cc1cc(NS(=O)(=O)c2ccc(OC)cc2)ccc1N(C)C)C(=O)COC. The van der Waals surface area contributed by atoms with E-state index in [1.54, 1.807) is 29.2 Å². The van der Waals surface area contributed by atoms with E-state index in [-0.39, 0.29) is 23.5 Å². The fourth-order valence-corrected chi connectivity index (χ4v) is 4.33. The Bertz CT molecular complexity index is 1010. The zero-order chi connectivity index (χ0) is 23.9. The molecule has 0 aliphatic carbocycles. The summed E-state index contributed by atoms with van der Waals surface area (Å²) in [5, 5.41) is 0. The summed E-state index contributed by atoms with van der Waals surface area (Å²) in [5.41, 5.74) is 2.15. The summed E-state index contributed by atoms with van der Waals surface area (Å²) < 4.78 is 38.5. The van der Waals surface area contributed by atoms with Crippen molar-refractivity contribution in [1.29, 1.82) is 0 Å². The summed E-state index contributed by atoms with van der Waals surface area (Å²) in [6.45, 7) is 4.33. The second kappa shape index (κ2) is 11.2. The number of carbonyl (C=O) groups excluding carboxylic acids is 1. The van der Waals surface area contributed by atoms with Gasteiger partial charge >= 0.3 is 0 Å². The molecule has 176 valence electrons. The van der Waals surface area contributed by atoms with Crippen LogP contribution >= 0.6 is 0 Å². The number of sulfonamides is 1. The minimum Gasteiger partial charge on any atom is -0.497 e. The zero-order valence-electron chi connectivity index (χ0n) is 19.6. The third-order valence-electron chi connectivity index (χ3n) is 5.23. The van der Waals surface area contributed by atoms with E-state index in [9.17, 15) is 13.2 Å². The minimum absolute atomic E-state index is 0.00677. The van der Waals surface area contributed by atoms with E-state index in [1.165, 1.54) is 26.4 Å². The fourth-order valence-electron chi connectivity index (χ4n) is 3.28. The van der Waals surface area contributed by atoms with Crippen molar-refractivity contribution in [3.05, 3.63) is 48.0 Å². The van der Waals surface area contributed by atoms with E-state index < -0.39 is 10.0 Å². The van der Waals surface area contributed by atoms with Crippen LogP contribution in [0.4, 0.5) is 11.4 Å². The lowest BCUT2D eigenvalue weighted by Crippen LogP contribution is -2.40. The van der Waals surface area contributed by atoms with Gasteiger partial charge in [0.2, 0.25) is 5.91 Å². The van der Waals surface area contributed by atoms with E-state index >= 15 is 0 Å². The average molecular weight is 464 g/mol. The van der Waals surface area contributed by atoms with Crippen LogP contribution < -0.4 is 14.4 Å². The molecular formula is C23H33N3O5S. The topological polar surface area (TPSA) is 88.2 Å². The first-order chi connectivity index (χ1) is 15.1. The Morgan fingerprint density at radius 1 is 1.09 bits per heavy atom. The van der Waals surface area contributed by atoms with Crippen LogP contribution in [0.1, 0.15) is 25.8 Å². The lowest BCUT2D eigenvalue weighted by atomic mass is 10.1. The number of methoxy groups -OCH3 is 2. The molecule has 0 saturated heterocycles. The molecule has 2 aromatic rings. The van der Waals surface area contributed by atoms with Crippen LogP contribution in [0.3, 0.4) is 0 Å². The number of hydrogen-bond acceptors (Lipinski definition) is 6. The number of amides is 1. The molecule has 1 atom stereocenters. The largest absolute Gasteiger partial charge is 0.497 e. The van der Waals surface area contributed by atoms with Crippen molar-refractivity contribution in [3.63, 3.8) is 0 Å². The molecule has 1 N–H and O–H groups in total. The van der Waals surface area contributed by atoms with E-state index in [1.807, 2.05) is 38.9 Å². The van der Waals surface area contributed by atoms with Crippen molar-refractivity contribution in [3.8, 4) is 5.75 Å². The van der Waals surface area contributed by atoms with Crippen LogP contribution in [0.2, 0.25) is 0 Å². The van der Waals surface area contributed by atoms with Gasteiger partial charge in [-0.05, 0) is 61.4 Å². The van der Waals surface area contributed by atoms with Crippen LogP contribution in [-0.2, 0) is 26.1 Å². The summed E-state index contributed by atoms with van der Waals surface area (Å²) in [4.78, 5) is 16.5. The number of rotatable bonds is 11. The first-order valence-corrected chi connectivity index (χ1v) is 11.9. The highest BCUT2D eigenvalue weighted by molar-refractivity contribution is 7.92. The molecule has 2 aromatic carbocycles. The molecule has 1 amide bonds. The van der Waals surface area contributed by atoms with Crippen molar-refractivity contribution in [2.24, 2.45) is 0 Å². The molecule has 0 spiro atoms. The van der Waals surface area contributed by atoms with E-state index in [2.05, 4.69) is 4.72 Å². The van der Waals surface area contributed by atoms with Crippen LogP contribution in [-0.4, -0.2) is 60.2 Å². The Morgan fingerprint density at radius 3 is 2.28 bits per heavy atom. The van der Waals surface area contributed by atoms with Crippen LogP contribution in [0.25, 0.3) is 0 Å². The molecule has 0 unspecified atom stereocenters. The van der Waals surface area contributed by atoms with Crippen molar-refractivity contribution in [2.75, 3.05) is 44.5 Å². The highest BCUT2D eigenvalue weighted by atomic mass is 32.2. The lowest BCUT2D eigenvalue weighted by Gasteiger charge is -2.30. The van der Waals surface area contributed by atoms with E-state index in [0.29, 0.717) is 18.0 Å². The van der Waals surface area contributed by atoms with Crippen LogP contribution in [0, 0.1) is 0 Å². The second-order valence-electron chi connectivity index (χ2n) is 7.73. The normalized spacial score (nSPS) is 12.2. The van der Waals surface area contributed by atoms with Gasteiger partial charge in [-0.1, -0.05) is 6.92 Å². The molecule has 8 nitrogen and oxygen atoms in total. The molecule has 9 heteroatoms.